The summed E-state index contributed by atoms with van der Waals surface area (Å²) in [6.45, 7) is 5.14. The summed E-state index contributed by atoms with van der Waals surface area (Å²) >= 11 is 3.04. The number of carbonyl (C=O) groups is 1. The van der Waals surface area contributed by atoms with Gasteiger partial charge in [-0.2, -0.15) is 5.10 Å². The van der Waals surface area contributed by atoms with Gasteiger partial charge in [-0.15, -0.1) is 11.3 Å². The van der Waals surface area contributed by atoms with Crippen LogP contribution < -0.4 is 5.32 Å². The lowest BCUT2D eigenvalue weighted by Crippen LogP contribution is -2.26. The lowest BCUT2D eigenvalue weighted by Gasteiger charge is -2.15. The zero-order valence-corrected chi connectivity index (χ0v) is 15.4. The van der Waals surface area contributed by atoms with Gasteiger partial charge in [0.05, 0.1) is 22.8 Å². The summed E-state index contributed by atoms with van der Waals surface area (Å²) < 4.78 is 0. The topological polar surface area (TPSA) is 73.9 Å². The highest BCUT2D eigenvalue weighted by atomic mass is 32.1. The molecule has 3 aromatic rings. The molecule has 1 amide bonds. The number of aromatic amines is 1. The molecule has 0 saturated heterocycles. The summed E-state index contributed by atoms with van der Waals surface area (Å²) in [7, 11) is 1.79. The van der Waals surface area contributed by atoms with Gasteiger partial charge in [0, 0.05) is 13.6 Å². The van der Waals surface area contributed by atoms with Crippen molar-refractivity contribution in [2.75, 3.05) is 18.9 Å². The quantitative estimate of drug-likeness (QED) is 0.703. The summed E-state index contributed by atoms with van der Waals surface area (Å²) in [4.78, 5) is 20.5. The Balaban J connectivity index is 1.70. The van der Waals surface area contributed by atoms with Crippen LogP contribution in [0.1, 0.15) is 28.0 Å². The SMILES string of the molecule is CCNc1nc(C)c(C(=O)N(C)Cc2cc(-c3cccs3)n[nH]2)s1. The third-order valence-electron chi connectivity index (χ3n) is 3.48. The summed E-state index contributed by atoms with van der Waals surface area (Å²) in [5.74, 6) is -0.0265. The van der Waals surface area contributed by atoms with Crippen LogP contribution in [0.5, 0.6) is 0 Å². The highest BCUT2D eigenvalue weighted by Gasteiger charge is 2.19. The van der Waals surface area contributed by atoms with Crippen LogP contribution in [-0.4, -0.2) is 39.6 Å². The molecule has 0 aliphatic rings. The fourth-order valence-electron chi connectivity index (χ4n) is 2.32. The first-order valence-corrected chi connectivity index (χ1v) is 9.33. The molecule has 6 nitrogen and oxygen atoms in total. The van der Waals surface area contributed by atoms with E-state index in [4.69, 9.17) is 0 Å². The monoisotopic (exact) mass is 361 g/mol. The molecule has 3 heterocycles. The average Bonchev–Trinajstić information content (AvgIpc) is 3.27. The Morgan fingerprint density at radius 1 is 1.46 bits per heavy atom. The van der Waals surface area contributed by atoms with Crippen LogP contribution in [0.4, 0.5) is 5.13 Å². The van der Waals surface area contributed by atoms with E-state index in [2.05, 4.69) is 20.5 Å². The lowest BCUT2D eigenvalue weighted by atomic mass is 10.3. The number of rotatable bonds is 6. The van der Waals surface area contributed by atoms with Gasteiger partial charge in [0.2, 0.25) is 0 Å². The van der Waals surface area contributed by atoms with Gasteiger partial charge in [-0.25, -0.2) is 4.98 Å². The summed E-state index contributed by atoms with van der Waals surface area (Å²) in [6, 6.07) is 6.01. The molecule has 0 radical (unpaired) electrons. The van der Waals surface area contributed by atoms with Crippen molar-refractivity contribution in [2.45, 2.75) is 20.4 Å². The number of carbonyl (C=O) groups excluding carboxylic acids is 1. The zero-order valence-electron chi connectivity index (χ0n) is 13.8. The van der Waals surface area contributed by atoms with E-state index in [1.807, 2.05) is 37.4 Å². The number of nitrogens with one attached hydrogen (secondary N) is 2. The van der Waals surface area contributed by atoms with Gasteiger partial charge in [0.25, 0.3) is 5.91 Å². The lowest BCUT2D eigenvalue weighted by molar-refractivity contribution is 0.0787. The van der Waals surface area contributed by atoms with Crippen molar-refractivity contribution in [1.29, 1.82) is 0 Å². The Bertz CT molecular complexity index is 822. The summed E-state index contributed by atoms with van der Waals surface area (Å²) in [6.07, 6.45) is 0. The van der Waals surface area contributed by atoms with Crippen molar-refractivity contribution in [3.05, 3.63) is 39.8 Å². The van der Waals surface area contributed by atoms with Crippen LogP contribution in [0.3, 0.4) is 0 Å². The highest BCUT2D eigenvalue weighted by molar-refractivity contribution is 7.17. The molecule has 0 bridgehead atoms. The molecule has 126 valence electrons. The molecular weight excluding hydrogens is 342 g/mol. The number of hydrogen-bond donors (Lipinski definition) is 2. The fourth-order valence-corrected chi connectivity index (χ4v) is 4.03. The van der Waals surface area contributed by atoms with E-state index in [9.17, 15) is 4.79 Å². The second kappa shape index (κ2) is 7.14. The second-order valence-electron chi connectivity index (χ2n) is 5.38. The zero-order chi connectivity index (χ0) is 17.1. The Labute approximate surface area is 148 Å². The van der Waals surface area contributed by atoms with Crippen molar-refractivity contribution >= 4 is 33.7 Å². The van der Waals surface area contributed by atoms with Gasteiger partial charge < -0.3 is 10.2 Å². The van der Waals surface area contributed by atoms with Crippen LogP contribution >= 0.6 is 22.7 Å². The van der Waals surface area contributed by atoms with Crippen LogP contribution in [0, 0.1) is 6.92 Å². The number of hydrogen-bond acceptors (Lipinski definition) is 6. The van der Waals surface area contributed by atoms with E-state index in [1.165, 1.54) is 11.3 Å². The van der Waals surface area contributed by atoms with Crippen molar-refractivity contribution in [3.63, 3.8) is 0 Å². The fraction of sp³-hybridized carbons (Fsp3) is 0.312. The van der Waals surface area contributed by atoms with E-state index in [0.29, 0.717) is 11.4 Å². The number of thiazole rings is 1. The standard InChI is InChI=1S/C16H19N5OS2/c1-4-17-16-18-10(2)14(24-16)15(22)21(3)9-11-8-12(20-19-11)13-6-5-7-23-13/h5-8H,4,9H2,1-3H3,(H,17,18)(H,19,20). The van der Waals surface area contributed by atoms with Crippen LogP contribution in [0.2, 0.25) is 0 Å². The molecule has 3 aromatic heterocycles. The molecule has 0 aliphatic heterocycles. The van der Waals surface area contributed by atoms with Crippen molar-refractivity contribution < 1.29 is 4.79 Å². The molecule has 3 rings (SSSR count). The van der Waals surface area contributed by atoms with E-state index < -0.39 is 0 Å². The smallest absolute Gasteiger partial charge is 0.266 e. The van der Waals surface area contributed by atoms with Crippen LogP contribution in [-0.2, 0) is 6.54 Å². The molecule has 0 aliphatic carbocycles. The molecule has 0 fully saturated rings. The summed E-state index contributed by atoms with van der Waals surface area (Å²) in [5, 5.41) is 13.3. The van der Waals surface area contributed by atoms with Crippen molar-refractivity contribution in [3.8, 4) is 10.6 Å². The predicted octanol–water partition coefficient (Wildman–Crippen LogP) is 3.61. The third-order valence-corrected chi connectivity index (χ3v) is 5.47. The molecule has 0 unspecified atom stereocenters. The maximum absolute atomic E-state index is 12.7. The Kier molecular flexibility index (Phi) is 4.96. The molecular formula is C16H19N5OS2. The summed E-state index contributed by atoms with van der Waals surface area (Å²) in [5.41, 5.74) is 2.57. The van der Waals surface area contributed by atoms with Gasteiger partial charge in [-0.3, -0.25) is 9.89 Å². The number of aryl methyl sites for hydroxylation is 1. The Morgan fingerprint density at radius 2 is 2.29 bits per heavy atom. The van der Waals surface area contributed by atoms with E-state index >= 15 is 0 Å². The molecule has 2 N–H and O–H groups in total. The first-order valence-electron chi connectivity index (χ1n) is 7.63. The second-order valence-corrected chi connectivity index (χ2v) is 7.33. The Hall–Kier alpha value is -2.19. The minimum absolute atomic E-state index is 0.0265. The first-order chi connectivity index (χ1) is 11.6. The van der Waals surface area contributed by atoms with Gasteiger partial charge >= 0.3 is 0 Å². The molecule has 0 aromatic carbocycles. The van der Waals surface area contributed by atoms with Gasteiger partial charge in [-0.05, 0) is 31.4 Å². The molecule has 8 heteroatoms. The largest absolute Gasteiger partial charge is 0.362 e. The van der Waals surface area contributed by atoms with Crippen molar-refractivity contribution in [2.24, 2.45) is 0 Å². The Morgan fingerprint density at radius 3 is 3.00 bits per heavy atom. The number of aromatic nitrogens is 3. The maximum atomic E-state index is 12.7. The molecule has 0 saturated carbocycles. The van der Waals surface area contributed by atoms with Gasteiger partial charge in [0.1, 0.15) is 10.6 Å². The highest BCUT2D eigenvalue weighted by Crippen LogP contribution is 2.25. The number of amides is 1. The van der Waals surface area contributed by atoms with Gasteiger partial charge in [-0.1, -0.05) is 17.4 Å². The first kappa shape index (κ1) is 16.7. The average molecular weight is 361 g/mol. The van der Waals surface area contributed by atoms with Crippen molar-refractivity contribution in [1.82, 2.24) is 20.1 Å². The number of nitrogens with zero attached hydrogens (tertiary/aromatic N) is 3. The maximum Gasteiger partial charge on any atom is 0.266 e. The minimum Gasteiger partial charge on any atom is -0.362 e. The predicted molar refractivity (Wildman–Crippen MR) is 98.7 cm³/mol. The van der Waals surface area contributed by atoms with E-state index in [1.54, 1.807) is 23.3 Å². The van der Waals surface area contributed by atoms with Gasteiger partial charge in [0.15, 0.2) is 5.13 Å². The number of anilines is 1. The van der Waals surface area contributed by atoms with Crippen LogP contribution in [0.15, 0.2) is 23.6 Å². The number of thiophene rings is 1. The number of H-pyrrole nitrogens is 1. The molecule has 0 atom stereocenters. The van der Waals surface area contributed by atoms with E-state index in [0.717, 1.165) is 33.6 Å². The minimum atomic E-state index is -0.0265. The molecule has 24 heavy (non-hydrogen) atoms. The van der Waals surface area contributed by atoms with E-state index in [-0.39, 0.29) is 5.91 Å². The molecule has 0 spiro atoms. The third kappa shape index (κ3) is 3.49. The normalized spacial score (nSPS) is 10.8. The van der Waals surface area contributed by atoms with Crippen LogP contribution in [0.25, 0.3) is 10.6 Å².